The molecule has 0 N–H and O–H groups in total. The second-order valence-electron chi connectivity index (χ2n) is 3.24. The molecule has 2 aromatic rings. The molecule has 84 valence electrons. The molecule has 1 atom stereocenters. The van der Waals surface area contributed by atoms with Gasteiger partial charge in [-0.05, 0) is 12.1 Å². The third-order valence-corrected chi connectivity index (χ3v) is 2.14. The molecule has 0 saturated carbocycles. The van der Waals surface area contributed by atoms with Crippen LogP contribution in [0.5, 0.6) is 0 Å². The van der Waals surface area contributed by atoms with Crippen molar-refractivity contribution in [2.24, 2.45) is 0 Å². The first-order valence-corrected chi connectivity index (χ1v) is 4.43. The van der Waals surface area contributed by atoms with Crippen LogP contribution in [0, 0.1) is 7.11 Å². The minimum atomic E-state index is -4.59. The van der Waals surface area contributed by atoms with Crippen LogP contribution in [0.1, 0.15) is 11.9 Å². The smallest absolute Gasteiger partial charge is 0.421 e. The first-order valence-electron chi connectivity index (χ1n) is 4.43. The molecular weight excluding hydrogens is 221 g/mol. The summed E-state index contributed by atoms with van der Waals surface area (Å²) >= 11 is 0. The Balaban J connectivity index is 2.46. The summed E-state index contributed by atoms with van der Waals surface area (Å²) in [5.74, 6) is -0.351. The lowest BCUT2D eigenvalue weighted by atomic mass is 10.2. The number of hydrogen-bond donors (Lipinski definition) is 0. The molecule has 1 heterocycles. The molecule has 2 nitrogen and oxygen atoms in total. The second-order valence-corrected chi connectivity index (χ2v) is 3.24. The van der Waals surface area contributed by atoms with Gasteiger partial charge in [0.15, 0.2) is 0 Å². The normalized spacial score (nSPS) is 14.2. The van der Waals surface area contributed by atoms with E-state index in [-0.39, 0.29) is 5.76 Å². The summed E-state index contributed by atoms with van der Waals surface area (Å²) in [7, 11) is 4.63. The van der Waals surface area contributed by atoms with Crippen molar-refractivity contribution in [1.29, 1.82) is 0 Å². The van der Waals surface area contributed by atoms with Gasteiger partial charge in [-0.2, -0.15) is 13.2 Å². The predicted molar refractivity (Wildman–Crippen MR) is 50.4 cm³/mol. The predicted octanol–water partition coefficient (Wildman–Crippen LogP) is 3.72. The SMILES string of the molecule is [CH]OC(c1cc2ccccc2o1)C(F)(F)F. The molecule has 0 aliphatic rings. The maximum absolute atomic E-state index is 12.5. The van der Waals surface area contributed by atoms with Gasteiger partial charge in [-0.25, -0.2) is 0 Å². The van der Waals surface area contributed by atoms with Gasteiger partial charge in [0.2, 0.25) is 6.10 Å². The Morgan fingerprint density at radius 2 is 1.94 bits per heavy atom. The number of rotatable bonds is 2. The second kappa shape index (κ2) is 3.83. The molecule has 16 heavy (non-hydrogen) atoms. The number of ether oxygens (including phenoxy) is 1. The molecule has 0 aliphatic carbocycles. The highest BCUT2D eigenvalue weighted by Gasteiger charge is 2.43. The van der Waals surface area contributed by atoms with Crippen molar-refractivity contribution in [2.75, 3.05) is 0 Å². The van der Waals surface area contributed by atoms with E-state index >= 15 is 0 Å². The van der Waals surface area contributed by atoms with Crippen LogP contribution in [0.25, 0.3) is 11.0 Å². The average molecular weight is 228 g/mol. The molecule has 5 heteroatoms. The lowest BCUT2D eigenvalue weighted by molar-refractivity contribution is -0.214. The van der Waals surface area contributed by atoms with Gasteiger partial charge in [0, 0.05) is 5.39 Å². The highest BCUT2D eigenvalue weighted by molar-refractivity contribution is 5.77. The molecule has 0 aliphatic heterocycles. The lowest BCUT2D eigenvalue weighted by Gasteiger charge is -2.15. The Kier molecular flexibility index (Phi) is 2.63. The molecule has 2 radical (unpaired) electrons. The summed E-state index contributed by atoms with van der Waals surface area (Å²) in [6.07, 6.45) is -6.83. The molecule has 2 rings (SSSR count). The molecule has 1 aromatic carbocycles. The zero-order valence-electron chi connectivity index (χ0n) is 7.99. The van der Waals surface area contributed by atoms with E-state index in [0.717, 1.165) is 0 Å². The number of hydrogen-bond acceptors (Lipinski definition) is 2. The molecule has 0 saturated heterocycles. The van der Waals surface area contributed by atoms with Crippen LogP contribution >= 0.6 is 0 Å². The van der Waals surface area contributed by atoms with Gasteiger partial charge in [-0.3, -0.25) is 0 Å². The van der Waals surface area contributed by atoms with Gasteiger partial charge in [-0.15, -0.1) is 0 Å². The molecular formula is C11H7F3O2. The largest absolute Gasteiger partial charge is 0.458 e. The average Bonchev–Trinajstić information content (AvgIpc) is 2.59. The van der Waals surface area contributed by atoms with Crippen LogP contribution in [0.15, 0.2) is 34.7 Å². The minimum Gasteiger partial charge on any atom is -0.458 e. The Hall–Kier alpha value is -1.49. The van der Waals surface area contributed by atoms with Crippen molar-refractivity contribution in [3.8, 4) is 0 Å². The van der Waals surface area contributed by atoms with E-state index in [1.54, 1.807) is 24.3 Å². The first kappa shape index (κ1) is 11.0. The number of fused-ring (bicyclic) bond motifs is 1. The molecule has 0 fully saturated rings. The standard InChI is InChI=1S/C11H7F3O2/c1-15-10(11(12,13)14)9-6-7-4-2-3-5-8(7)16-9/h1-6,10H. The quantitative estimate of drug-likeness (QED) is 0.781. The maximum Gasteiger partial charge on any atom is 0.421 e. The number of benzene rings is 1. The molecule has 1 unspecified atom stereocenters. The molecule has 0 amide bonds. The van der Waals surface area contributed by atoms with E-state index in [2.05, 4.69) is 11.8 Å². The Labute approximate surface area is 89.6 Å². The van der Waals surface area contributed by atoms with E-state index in [0.29, 0.717) is 11.0 Å². The van der Waals surface area contributed by atoms with Crippen LogP contribution in [-0.2, 0) is 4.74 Å². The Bertz CT molecular complexity index is 454. The van der Waals surface area contributed by atoms with Crippen LogP contribution in [0.4, 0.5) is 13.2 Å². The fourth-order valence-electron chi connectivity index (χ4n) is 1.44. The number of alkyl halides is 3. The molecule has 0 spiro atoms. The first-order chi connectivity index (χ1) is 7.52. The third kappa shape index (κ3) is 1.90. The van der Waals surface area contributed by atoms with E-state index in [1.807, 2.05) is 0 Å². The van der Waals surface area contributed by atoms with Crippen molar-refractivity contribution in [2.45, 2.75) is 12.3 Å². The summed E-state index contributed by atoms with van der Waals surface area (Å²) in [5.41, 5.74) is 0.365. The molecule has 0 bridgehead atoms. The highest BCUT2D eigenvalue weighted by atomic mass is 19.4. The van der Waals surface area contributed by atoms with E-state index in [4.69, 9.17) is 4.42 Å². The monoisotopic (exact) mass is 228 g/mol. The van der Waals surface area contributed by atoms with Gasteiger partial charge >= 0.3 is 6.18 Å². The molecule has 1 aromatic heterocycles. The fourth-order valence-corrected chi connectivity index (χ4v) is 1.44. The van der Waals surface area contributed by atoms with Crippen molar-refractivity contribution >= 4 is 11.0 Å². The number of para-hydroxylation sites is 1. The lowest BCUT2D eigenvalue weighted by Crippen LogP contribution is -2.21. The topological polar surface area (TPSA) is 22.4 Å². The number of furan rings is 1. The van der Waals surface area contributed by atoms with Crippen LogP contribution < -0.4 is 0 Å². The van der Waals surface area contributed by atoms with Gasteiger partial charge in [0.05, 0.1) is 0 Å². The zero-order valence-corrected chi connectivity index (χ0v) is 7.99. The van der Waals surface area contributed by atoms with Gasteiger partial charge in [0.1, 0.15) is 18.5 Å². The van der Waals surface area contributed by atoms with E-state index in [1.165, 1.54) is 6.07 Å². The fraction of sp³-hybridized carbons (Fsp3) is 0.182. The van der Waals surface area contributed by atoms with Crippen molar-refractivity contribution in [3.63, 3.8) is 0 Å². The zero-order chi connectivity index (χ0) is 11.8. The summed E-state index contributed by atoms with van der Waals surface area (Å²) in [6, 6.07) is 7.85. The summed E-state index contributed by atoms with van der Waals surface area (Å²) in [5, 5.41) is 0.573. The minimum absolute atomic E-state index is 0.351. The van der Waals surface area contributed by atoms with Crippen LogP contribution in [0.3, 0.4) is 0 Å². The van der Waals surface area contributed by atoms with E-state index < -0.39 is 12.3 Å². The van der Waals surface area contributed by atoms with Gasteiger partial charge in [-0.1, -0.05) is 18.2 Å². The van der Waals surface area contributed by atoms with Crippen molar-refractivity contribution in [3.05, 3.63) is 43.2 Å². The van der Waals surface area contributed by atoms with E-state index in [9.17, 15) is 13.2 Å². The van der Waals surface area contributed by atoms with Crippen LogP contribution in [0.2, 0.25) is 0 Å². The number of halogens is 3. The van der Waals surface area contributed by atoms with Crippen molar-refractivity contribution < 1.29 is 22.3 Å². The Morgan fingerprint density at radius 1 is 1.25 bits per heavy atom. The van der Waals surface area contributed by atoms with Gasteiger partial charge < -0.3 is 9.15 Å². The summed E-state index contributed by atoms with van der Waals surface area (Å²) in [4.78, 5) is 0. The summed E-state index contributed by atoms with van der Waals surface area (Å²) < 4.78 is 46.3. The Morgan fingerprint density at radius 3 is 2.50 bits per heavy atom. The highest BCUT2D eigenvalue weighted by Crippen LogP contribution is 2.37. The van der Waals surface area contributed by atoms with Crippen LogP contribution in [-0.4, -0.2) is 6.18 Å². The van der Waals surface area contributed by atoms with Gasteiger partial charge in [0.25, 0.3) is 0 Å². The third-order valence-electron chi connectivity index (χ3n) is 2.14. The summed E-state index contributed by atoms with van der Waals surface area (Å²) in [6.45, 7) is 0. The van der Waals surface area contributed by atoms with Crippen molar-refractivity contribution in [1.82, 2.24) is 0 Å². The maximum atomic E-state index is 12.5.